The van der Waals surface area contributed by atoms with E-state index >= 15 is 0 Å². The Kier molecular flexibility index (Phi) is 7.20. The number of para-hydroxylation sites is 2. The summed E-state index contributed by atoms with van der Waals surface area (Å²) in [5, 5.41) is 7.07. The Labute approximate surface area is 185 Å². The van der Waals surface area contributed by atoms with Gasteiger partial charge < -0.3 is 15.2 Å². The van der Waals surface area contributed by atoms with Crippen molar-refractivity contribution in [3.8, 4) is 0 Å². The number of aliphatic imine (C=N–C) groups is 1. The van der Waals surface area contributed by atoms with Gasteiger partial charge >= 0.3 is 0 Å². The monoisotopic (exact) mass is 418 g/mol. The number of benzene rings is 2. The molecule has 2 heterocycles. The number of likely N-dealkylation sites (tertiary alicyclic amines) is 1. The van der Waals surface area contributed by atoms with Crippen LogP contribution in [0.25, 0.3) is 11.0 Å². The SMILES string of the molecule is CCNC(=NCCn1c(C)nc2ccccc21)NC1CCN(Cc2ccccc2)CC1. The topological polar surface area (TPSA) is 57.5 Å². The van der Waals surface area contributed by atoms with Crippen LogP contribution in [0.3, 0.4) is 0 Å². The highest BCUT2D eigenvalue weighted by atomic mass is 15.2. The third-order valence-electron chi connectivity index (χ3n) is 5.96. The van der Waals surface area contributed by atoms with Crippen LogP contribution in [0.15, 0.2) is 59.6 Å². The van der Waals surface area contributed by atoms with E-state index in [0.29, 0.717) is 6.04 Å². The summed E-state index contributed by atoms with van der Waals surface area (Å²) in [5.41, 5.74) is 3.63. The summed E-state index contributed by atoms with van der Waals surface area (Å²) in [6.45, 7) is 9.88. The molecular formula is C25H34N6. The Bertz CT molecular complexity index is 986. The highest BCUT2D eigenvalue weighted by molar-refractivity contribution is 5.80. The predicted molar refractivity (Wildman–Crippen MR) is 128 cm³/mol. The van der Waals surface area contributed by atoms with Gasteiger partial charge in [-0.05, 0) is 44.4 Å². The van der Waals surface area contributed by atoms with Gasteiger partial charge in [-0.3, -0.25) is 9.89 Å². The lowest BCUT2D eigenvalue weighted by molar-refractivity contribution is 0.198. The summed E-state index contributed by atoms with van der Waals surface area (Å²) < 4.78 is 2.25. The Morgan fingerprint density at radius 2 is 1.81 bits per heavy atom. The van der Waals surface area contributed by atoms with Gasteiger partial charge in [0.15, 0.2) is 5.96 Å². The van der Waals surface area contributed by atoms with E-state index in [1.54, 1.807) is 0 Å². The second kappa shape index (κ2) is 10.4. The molecule has 1 aliphatic heterocycles. The molecule has 1 fully saturated rings. The molecule has 0 bridgehead atoms. The number of nitrogens with zero attached hydrogens (tertiary/aromatic N) is 4. The van der Waals surface area contributed by atoms with Crippen LogP contribution >= 0.6 is 0 Å². The molecule has 1 saturated heterocycles. The average Bonchev–Trinajstić information content (AvgIpc) is 3.11. The number of aromatic nitrogens is 2. The van der Waals surface area contributed by atoms with Crippen LogP contribution < -0.4 is 10.6 Å². The number of fused-ring (bicyclic) bond motifs is 1. The van der Waals surface area contributed by atoms with E-state index in [4.69, 9.17) is 4.99 Å². The van der Waals surface area contributed by atoms with Gasteiger partial charge in [-0.25, -0.2) is 4.98 Å². The fourth-order valence-corrected chi connectivity index (χ4v) is 4.33. The molecule has 164 valence electrons. The quantitative estimate of drug-likeness (QED) is 0.455. The molecule has 1 aliphatic rings. The Morgan fingerprint density at radius 1 is 1.06 bits per heavy atom. The molecule has 2 aromatic carbocycles. The van der Waals surface area contributed by atoms with E-state index in [-0.39, 0.29) is 0 Å². The summed E-state index contributed by atoms with van der Waals surface area (Å²) in [4.78, 5) is 12.1. The molecule has 0 atom stereocenters. The molecule has 0 spiro atoms. The second-order valence-corrected chi connectivity index (χ2v) is 8.24. The van der Waals surface area contributed by atoms with Crippen LogP contribution in [0, 0.1) is 6.92 Å². The summed E-state index contributed by atoms with van der Waals surface area (Å²) in [6, 6.07) is 19.5. The van der Waals surface area contributed by atoms with Gasteiger partial charge in [0, 0.05) is 38.8 Å². The van der Waals surface area contributed by atoms with Crippen molar-refractivity contribution in [2.75, 3.05) is 26.2 Å². The number of aryl methyl sites for hydroxylation is 1. The zero-order chi connectivity index (χ0) is 21.5. The smallest absolute Gasteiger partial charge is 0.191 e. The first-order chi connectivity index (χ1) is 15.2. The van der Waals surface area contributed by atoms with Gasteiger partial charge in [0.05, 0.1) is 17.6 Å². The van der Waals surface area contributed by atoms with Crippen molar-refractivity contribution in [2.45, 2.75) is 45.8 Å². The maximum absolute atomic E-state index is 4.85. The van der Waals surface area contributed by atoms with E-state index in [9.17, 15) is 0 Å². The summed E-state index contributed by atoms with van der Waals surface area (Å²) in [6.07, 6.45) is 2.28. The van der Waals surface area contributed by atoms with Crippen LogP contribution in [0.2, 0.25) is 0 Å². The van der Waals surface area contributed by atoms with E-state index in [2.05, 4.69) is 87.5 Å². The summed E-state index contributed by atoms with van der Waals surface area (Å²) in [5.74, 6) is 1.96. The van der Waals surface area contributed by atoms with Gasteiger partial charge in [-0.1, -0.05) is 42.5 Å². The molecule has 4 rings (SSSR count). The lowest BCUT2D eigenvalue weighted by atomic mass is 10.0. The van der Waals surface area contributed by atoms with Crippen molar-refractivity contribution in [1.29, 1.82) is 0 Å². The molecule has 3 aromatic rings. The first-order valence-electron chi connectivity index (χ1n) is 11.5. The van der Waals surface area contributed by atoms with Crippen molar-refractivity contribution in [3.63, 3.8) is 0 Å². The number of imidazole rings is 1. The van der Waals surface area contributed by atoms with E-state index in [0.717, 1.165) is 69.4 Å². The average molecular weight is 419 g/mol. The van der Waals surface area contributed by atoms with Crippen LogP contribution in [-0.2, 0) is 13.1 Å². The number of hydrogen-bond donors (Lipinski definition) is 2. The van der Waals surface area contributed by atoms with Crippen molar-refractivity contribution >= 4 is 17.0 Å². The molecule has 0 unspecified atom stereocenters. The van der Waals surface area contributed by atoms with E-state index in [1.807, 2.05) is 6.07 Å². The number of guanidine groups is 1. The highest BCUT2D eigenvalue weighted by Crippen LogP contribution is 2.16. The predicted octanol–water partition coefficient (Wildman–Crippen LogP) is 3.56. The highest BCUT2D eigenvalue weighted by Gasteiger charge is 2.20. The lowest BCUT2D eigenvalue weighted by Crippen LogP contribution is -2.48. The first kappa shape index (κ1) is 21.4. The maximum atomic E-state index is 4.85. The zero-order valence-corrected chi connectivity index (χ0v) is 18.7. The van der Waals surface area contributed by atoms with Gasteiger partial charge in [-0.15, -0.1) is 0 Å². The minimum atomic E-state index is 0.473. The van der Waals surface area contributed by atoms with Crippen molar-refractivity contribution in [1.82, 2.24) is 25.1 Å². The third kappa shape index (κ3) is 5.64. The summed E-state index contributed by atoms with van der Waals surface area (Å²) in [7, 11) is 0. The van der Waals surface area contributed by atoms with Crippen molar-refractivity contribution in [2.24, 2.45) is 4.99 Å². The second-order valence-electron chi connectivity index (χ2n) is 8.24. The van der Waals surface area contributed by atoms with Gasteiger partial charge in [0.1, 0.15) is 5.82 Å². The molecule has 0 amide bonds. The number of nitrogens with one attached hydrogen (secondary N) is 2. The van der Waals surface area contributed by atoms with Crippen LogP contribution in [0.4, 0.5) is 0 Å². The molecule has 31 heavy (non-hydrogen) atoms. The molecule has 2 N–H and O–H groups in total. The molecule has 0 saturated carbocycles. The molecule has 6 nitrogen and oxygen atoms in total. The van der Waals surface area contributed by atoms with Crippen molar-refractivity contribution < 1.29 is 0 Å². The van der Waals surface area contributed by atoms with E-state index < -0.39 is 0 Å². The standard InChI is InChI=1S/C25H34N6/c1-3-26-25(27-15-18-31-20(2)28-23-11-7-8-12-24(23)31)29-22-13-16-30(17-14-22)19-21-9-5-4-6-10-21/h4-12,22H,3,13-19H2,1-2H3,(H2,26,27,29). The van der Waals surface area contributed by atoms with Gasteiger partial charge in [-0.2, -0.15) is 0 Å². The summed E-state index contributed by atoms with van der Waals surface area (Å²) >= 11 is 0. The maximum Gasteiger partial charge on any atom is 0.191 e. The normalized spacial score (nSPS) is 16.0. The minimum Gasteiger partial charge on any atom is -0.357 e. The van der Waals surface area contributed by atoms with Crippen LogP contribution in [0.1, 0.15) is 31.2 Å². The fraction of sp³-hybridized carbons (Fsp3) is 0.440. The van der Waals surface area contributed by atoms with Gasteiger partial charge in [0.25, 0.3) is 0 Å². The first-order valence-corrected chi connectivity index (χ1v) is 11.5. The van der Waals surface area contributed by atoms with Gasteiger partial charge in [0.2, 0.25) is 0 Å². The minimum absolute atomic E-state index is 0.473. The third-order valence-corrected chi connectivity index (χ3v) is 5.96. The van der Waals surface area contributed by atoms with Crippen molar-refractivity contribution in [3.05, 3.63) is 66.0 Å². The number of piperidine rings is 1. The number of rotatable bonds is 7. The van der Waals surface area contributed by atoms with Crippen LogP contribution in [-0.4, -0.2) is 52.6 Å². The lowest BCUT2D eigenvalue weighted by Gasteiger charge is -2.33. The molecule has 0 radical (unpaired) electrons. The molecular weight excluding hydrogens is 384 g/mol. The number of hydrogen-bond acceptors (Lipinski definition) is 3. The van der Waals surface area contributed by atoms with E-state index in [1.165, 1.54) is 11.1 Å². The fourth-order valence-electron chi connectivity index (χ4n) is 4.33. The molecule has 0 aliphatic carbocycles. The molecule has 6 heteroatoms. The Balaban J connectivity index is 1.29. The largest absolute Gasteiger partial charge is 0.357 e. The molecule has 1 aromatic heterocycles. The Morgan fingerprint density at radius 3 is 2.58 bits per heavy atom. The van der Waals surface area contributed by atoms with Crippen LogP contribution in [0.5, 0.6) is 0 Å². The zero-order valence-electron chi connectivity index (χ0n) is 18.7. The Hall–Kier alpha value is -2.86.